The van der Waals surface area contributed by atoms with E-state index in [0.717, 1.165) is 19.0 Å². The Morgan fingerprint density at radius 3 is 2.85 bits per heavy atom. The van der Waals surface area contributed by atoms with Gasteiger partial charge in [0.25, 0.3) is 0 Å². The molecule has 2 rings (SSSR count). The number of nitrogens with one attached hydrogen (secondary N) is 2. The number of carbonyl (C=O) groups excluding carboxylic acids is 1. The normalized spacial score (nSPS) is 26.3. The van der Waals surface area contributed by atoms with Gasteiger partial charge in [0.05, 0.1) is 6.42 Å². The first kappa shape index (κ1) is 14.9. The number of halogens is 2. The van der Waals surface area contributed by atoms with E-state index >= 15 is 0 Å². The lowest BCUT2D eigenvalue weighted by atomic mass is 9.89. The van der Waals surface area contributed by atoms with Crippen molar-refractivity contribution in [2.75, 3.05) is 6.54 Å². The largest absolute Gasteiger partial charge is 0.351 e. The van der Waals surface area contributed by atoms with Crippen LogP contribution in [0, 0.1) is 17.6 Å². The highest BCUT2D eigenvalue weighted by Crippen LogP contribution is 2.17. The predicted molar refractivity (Wildman–Crippen MR) is 73.2 cm³/mol. The van der Waals surface area contributed by atoms with Crippen LogP contribution in [0.3, 0.4) is 0 Å². The lowest BCUT2D eigenvalue weighted by Gasteiger charge is -2.36. The molecule has 0 aromatic heterocycles. The average Bonchev–Trinajstić information content (AvgIpc) is 2.39. The van der Waals surface area contributed by atoms with Gasteiger partial charge in [0.15, 0.2) is 11.6 Å². The fourth-order valence-electron chi connectivity index (χ4n) is 2.70. The first-order valence-electron chi connectivity index (χ1n) is 6.94. The van der Waals surface area contributed by atoms with Gasteiger partial charge in [-0.25, -0.2) is 8.78 Å². The van der Waals surface area contributed by atoms with E-state index in [1.165, 1.54) is 12.1 Å². The second-order valence-corrected chi connectivity index (χ2v) is 5.49. The van der Waals surface area contributed by atoms with Crippen molar-refractivity contribution in [3.63, 3.8) is 0 Å². The van der Waals surface area contributed by atoms with Crippen molar-refractivity contribution < 1.29 is 13.6 Å². The SMILES string of the molecule is CC1CCNC(C)C1NC(=O)Cc1cccc(F)c1F. The third-order valence-corrected chi connectivity index (χ3v) is 3.93. The molecule has 1 aromatic carbocycles. The Kier molecular flexibility index (Phi) is 4.70. The molecule has 20 heavy (non-hydrogen) atoms. The quantitative estimate of drug-likeness (QED) is 0.890. The zero-order valence-corrected chi connectivity index (χ0v) is 11.7. The van der Waals surface area contributed by atoms with Gasteiger partial charge in [-0.15, -0.1) is 0 Å². The standard InChI is InChI=1S/C15H20F2N2O/c1-9-6-7-18-10(2)15(9)19-13(20)8-11-4-3-5-12(16)14(11)17/h3-5,9-10,15,18H,6-8H2,1-2H3,(H,19,20). The molecule has 0 spiro atoms. The minimum Gasteiger partial charge on any atom is -0.351 e. The van der Waals surface area contributed by atoms with E-state index in [-0.39, 0.29) is 30.0 Å². The highest BCUT2D eigenvalue weighted by atomic mass is 19.2. The van der Waals surface area contributed by atoms with Crippen molar-refractivity contribution in [2.45, 2.75) is 38.8 Å². The summed E-state index contributed by atoms with van der Waals surface area (Å²) in [6, 6.07) is 4.09. The third kappa shape index (κ3) is 3.33. The number of piperidine rings is 1. The molecule has 1 fully saturated rings. The Labute approximate surface area is 117 Å². The van der Waals surface area contributed by atoms with Crippen LogP contribution in [0.4, 0.5) is 8.78 Å². The minimum atomic E-state index is -0.939. The minimum absolute atomic E-state index is 0.0212. The summed E-state index contributed by atoms with van der Waals surface area (Å²) >= 11 is 0. The predicted octanol–water partition coefficient (Wildman–Crippen LogP) is 2.01. The van der Waals surface area contributed by atoms with Crippen LogP contribution in [0.2, 0.25) is 0 Å². The van der Waals surface area contributed by atoms with Gasteiger partial charge in [0, 0.05) is 17.6 Å². The van der Waals surface area contributed by atoms with E-state index in [0.29, 0.717) is 5.92 Å². The van der Waals surface area contributed by atoms with E-state index in [4.69, 9.17) is 0 Å². The van der Waals surface area contributed by atoms with Crippen LogP contribution in [-0.2, 0) is 11.2 Å². The van der Waals surface area contributed by atoms with Crippen LogP contribution in [0.25, 0.3) is 0 Å². The number of hydrogen-bond donors (Lipinski definition) is 2. The van der Waals surface area contributed by atoms with Crippen LogP contribution in [0.5, 0.6) is 0 Å². The summed E-state index contributed by atoms with van der Waals surface area (Å²) in [6.07, 6.45) is 0.850. The van der Waals surface area contributed by atoms with E-state index < -0.39 is 11.6 Å². The number of rotatable bonds is 3. The second kappa shape index (κ2) is 6.31. The Bertz CT molecular complexity index is 483. The van der Waals surface area contributed by atoms with Gasteiger partial charge >= 0.3 is 0 Å². The highest BCUT2D eigenvalue weighted by Gasteiger charge is 2.28. The molecule has 1 amide bonds. The molecule has 110 valence electrons. The number of hydrogen-bond acceptors (Lipinski definition) is 2. The topological polar surface area (TPSA) is 41.1 Å². The van der Waals surface area contributed by atoms with E-state index in [1.807, 2.05) is 6.92 Å². The van der Waals surface area contributed by atoms with Gasteiger partial charge < -0.3 is 10.6 Å². The molecule has 0 saturated carbocycles. The first-order chi connectivity index (χ1) is 9.49. The van der Waals surface area contributed by atoms with E-state index in [1.54, 1.807) is 0 Å². The summed E-state index contributed by atoms with van der Waals surface area (Å²) in [5, 5.41) is 6.23. The zero-order valence-electron chi connectivity index (χ0n) is 11.7. The van der Waals surface area contributed by atoms with Crippen LogP contribution >= 0.6 is 0 Å². The average molecular weight is 282 g/mol. The van der Waals surface area contributed by atoms with Crippen LogP contribution < -0.4 is 10.6 Å². The van der Waals surface area contributed by atoms with Crippen LogP contribution in [-0.4, -0.2) is 24.5 Å². The summed E-state index contributed by atoms with van der Waals surface area (Å²) in [5.41, 5.74) is 0.0894. The molecule has 3 atom stereocenters. The molecule has 0 radical (unpaired) electrons. The monoisotopic (exact) mass is 282 g/mol. The lowest BCUT2D eigenvalue weighted by molar-refractivity contribution is -0.121. The summed E-state index contributed by atoms with van der Waals surface area (Å²) in [7, 11) is 0. The molecule has 3 nitrogen and oxygen atoms in total. The van der Waals surface area contributed by atoms with Gasteiger partial charge in [0.1, 0.15) is 0 Å². The van der Waals surface area contributed by atoms with Gasteiger partial charge in [-0.1, -0.05) is 19.1 Å². The Morgan fingerprint density at radius 2 is 2.15 bits per heavy atom. The number of carbonyl (C=O) groups is 1. The molecule has 1 saturated heterocycles. The van der Waals surface area contributed by atoms with Crippen molar-refractivity contribution in [3.8, 4) is 0 Å². The van der Waals surface area contributed by atoms with Crippen molar-refractivity contribution in [1.29, 1.82) is 0 Å². The molecule has 1 aliphatic rings. The highest BCUT2D eigenvalue weighted by molar-refractivity contribution is 5.79. The van der Waals surface area contributed by atoms with Crippen molar-refractivity contribution in [1.82, 2.24) is 10.6 Å². The maximum absolute atomic E-state index is 13.5. The van der Waals surface area contributed by atoms with Gasteiger partial charge in [-0.2, -0.15) is 0 Å². The first-order valence-corrected chi connectivity index (χ1v) is 6.94. The fraction of sp³-hybridized carbons (Fsp3) is 0.533. The molecule has 0 bridgehead atoms. The molecular formula is C15H20F2N2O. The second-order valence-electron chi connectivity index (χ2n) is 5.49. The maximum Gasteiger partial charge on any atom is 0.224 e. The Hall–Kier alpha value is -1.49. The van der Waals surface area contributed by atoms with Gasteiger partial charge in [-0.3, -0.25) is 4.79 Å². The fourth-order valence-corrected chi connectivity index (χ4v) is 2.70. The summed E-state index contributed by atoms with van der Waals surface area (Å²) in [4.78, 5) is 12.0. The zero-order chi connectivity index (χ0) is 14.7. The summed E-state index contributed by atoms with van der Waals surface area (Å²) in [5.74, 6) is -1.77. The van der Waals surface area contributed by atoms with Crippen LogP contribution in [0.15, 0.2) is 18.2 Å². The maximum atomic E-state index is 13.5. The molecule has 2 N–H and O–H groups in total. The van der Waals surface area contributed by atoms with Gasteiger partial charge in [0.2, 0.25) is 5.91 Å². The Balaban J connectivity index is 2.00. The summed E-state index contributed by atoms with van der Waals surface area (Å²) in [6.45, 7) is 5.04. The van der Waals surface area contributed by atoms with Crippen molar-refractivity contribution in [2.24, 2.45) is 5.92 Å². The smallest absolute Gasteiger partial charge is 0.224 e. The Morgan fingerprint density at radius 1 is 1.40 bits per heavy atom. The third-order valence-electron chi connectivity index (χ3n) is 3.93. The lowest BCUT2D eigenvalue weighted by Crippen LogP contribution is -2.56. The van der Waals surface area contributed by atoms with Crippen molar-refractivity contribution >= 4 is 5.91 Å². The van der Waals surface area contributed by atoms with Gasteiger partial charge in [-0.05, 0) is 31.9 Å². The molecule has 1 heterocycles. The number of benzene rings is 1. The summed E-state index contributed by atoms with van der Waals surface area (Å²) < 4.78 is 26.6. The molecule has 5 heteroatoms. The van der Waals surface area contributed by atoms with Crippen LogP contribution in [0.1, 0.15) is 25.8 Å². The molecule has 1 aromatic rings. The van der Waals surface area contributed by atoms with E-state index in [9.17, 15) is 13.6 Å². The van der Waals surface area contributed by atoms with Crippen molar-refractivity contribution in [3.05, 3.63) is 35.4 Å². The molecule has 0 aliphatic carbocycles. The number of amides is 1. The molecule has 3 unspecified atom stereocenters. The molecular weight excluding hydrogens is 262 g/mol. The molecule has 1 aliphatic heterocycles. The van der Waals surface area contributed by atoms with E-state index in [2.05, 4.69) is 17.6 Å².